The van der Waals surface area contributed by atoms with E-state index in [0.717, 1.165) is 0 Å². The topological polar surface area (TPSA) is 3.24 Å². The van der Waals surface area contributed by atoms with Crippen molar-refractivity contribution in [2.75, 3.05) is 21.1 Å². The fourth-order valence-electron chi connectivity index (χ4n) is 8.30. The van der Waals surface area contributed by atoms with Gasteiger partial charge in [-0.3, -0.25) is 0 Å². The first kappa shape index (κ1) is 49.9. The highest BCUT2D eigenvalue weighted by atomic mass is 33.1. The van der Waals surface area contributed by atoms with Gasteiger partial charge in [-0.2, -0.15) is 0 Å². The number of hydrogen-bond donors (Lipinski definition) is 2. The number of benzene rings is 9. The molecule has 1 aliphatic carbocycles. The van der Waals surface area contributed by atoms with Gasteiger partial charge in [0, 0.05) is 5.41 Å². The fourth-order valence-corrected chi connectivity index (χ4v) is 8.30. The lowest BCUT2D eigenvalue weighted by molar-refractivity contribution is 0.505. The molecule has 1 aliphatic rings. The third-order valence-electron chi connectivity index (χ3n) is 11.3. The van der Waals surface area contributed by atoms with Crippen molar-refractivity contribution in [3.8, 4) is 44.5 Å². The maximum absolute atomic E-state index is 3.36. The van der Waals surface area contributed by atoms with Crippen LogP contribution in [0.3, 0.4) is 0 Å². The van der Waals surface area contributed by atoms with Crippen LogP contribution >= 0.6 is 23.3 Å². The summed E-state index contributed by atoms with van der Waals surface area (Å²) >= 11 is 6.44. The van der Waals surface area contributed by atoms with Gasteiger partial charge in [-0.25, -0.2) is 0 Å². The molecule has 0 unspecified atom stereocenters. The molecule has 0 spiro atoms. The molecule has 9 aromatic carbocycles. The Bertz CT molecular complexity index is 2870. The Morgan fingerprint density at radius 2 is 0.877 bits per heavy atom. The predicted octanol–water partition coefficient (Wildman–Crippen LogP) is 17.7. The summed E-state index contributed by atoms with van der Waals surface area (Å²) in [6, 6.07) is 72.0. The molecular formula is C62H65NS2. The second kappa shape index (κ2) is 24.3. The van der Waals surface area contributed by atoms with Crippen molar-refractivity contribution < 1.29 is 0 Å². The van der Waals surface area contributed by atoms with Crippen LogP contribution in [-0.2, 0) is 5.41 Å². The quantitative estimate of drug-likeness (QED) is 0.0774. The Kier molecular flexibility index (Phi) is 18.6. The molecule has 0 saturated carbocycles. The van der Waals surface area contributed by atoms with Gasteiger partial charge in [-0.15, -0.1) is 29.9 Å². The molecule has 0 aliphatic heterocycles. The zero-order valence-electron chi connectivity index (χ0n) is 39.7. The van der Waals surface area contributed by atoms with Crippen molar-refractivity contribution in [3.05, 3.63) is 241 Å². The van der Waals surface area contributed by atoms with Crippen LogP contribution in [-0.4, -0.2) is 26.0 Å². The largest absolute Gasteiger partial charge is 0.312 e. The zero-order valence-corrected chi connectivity index (χ0v) is 41.5. The van der Waals surface area contributed by atoms with E-state index in [1.54, 1.807) is 6.08 Å². The van der Waals surface area contributed by atoms with Crippen LogP contribution in [0.2, 0.25) is 0 Å². The highest BCUT2D eigenvalue weighted by molar-refractivity contribution is 8.59. The number of allylic oxidation sites excluding steroid dienone is 1. The third kappa shape index (κ3) is 12.6. The van der Waals surface area contributed by atoms with Crippen LogP contribution in [0.1, 0.15) is 48.6 Å². The molecule has 0 heterocycles. The normalized spacial score (nSPS) is 11.3. The van der Waals surface area contributed by atoms with Gasteiger partial charge < -0.3 is 4.90 Å². The SMILES string of the molecule is C=CC.CN(C)C.Cc1cc2ccccc2c2ccccc12.Cc1ccc(-c2ccc(-c3c(-c4ccccc4)ccc4c3-c3ccccc3C4(C)C)cc2)cc1.Cc1ccccc1.SS. The second-order valence-electron chi connectivity index (χ2n) is 17.3. The van der Waals surface area contributed by atoms with Crippen LogP contribution in [0.25, 0.3) is 66.1 Å². The van der Waals surface area contributed by atoms with Gasteiger partial charge in [-0.05, 0) is 132 Å². The molecule has 330 valence electrons. The molecule has 0 saturated heterocycles. The van der Waals surface area contributed by atoms with Crippen LogP contribution < -0.4 is 0 Å². The van der Waals surface area contributed by atoms with Gasteiger partial charge in [0.1, 0.15) is 0 Å². The Morgan fingerprint density at radius 1 is 0.431 bits per heavy atom. The van der Waals surface area contributed by atoms with Crippen molar-refractivity contribution in [3.63, 3.8) is 0 Å². The Balaban J connectivity index is 0.000000209. The molecule has 0 atom stereocenters. The number of rotatable bonds is 3. The van der Waals surface area contributed by atoms with Crippen molar-refractivity contribution in [2.24, 2.45) is 0 Å². The Morgan fingerprint density at radius 3 is 1.45 bits per heavy atom. The average molecular weight is 888 g/mol. The molecule has 65 heavy (non-hydrogen) atoms. The van der Waals surface area contributed by atoms with Gasteiger partial charge in [0.2, 0.25) is 0 Å². The van der Waals surface area contributed by atoms with Gasteiger partial charge in [0.15, 0.2) is 0 Å². The summed E-state index contributed by atoms with van der Waals surface area (Å²) in [5.41, 5.74) is 17.1. The smallest absolute Gasteiger partial charge is 0.0159 e. The Labute approximate surface area is 400 Å². The molecule has 9 aromatic rings. The summed E-state index contributed by atoms with van der Waals surface area (Å²) in [7, 11) is 6.00. The molecule has 0 fully saturated rings. The minimum absolute atomic E-state index is 0.0161. The summed E-state index contributed by atoms with van der Waals surface area (Å²) in [4.78, 5) is 2.00. The lowest BCUT2D eigenvalue weighted by atomic mass is 9.80. The first-order valence-electron chi connectivity index (χ1n) is 22.2. The number of nitrogens with zero attached hydrogens (tertiary/aromatic N) is 1. The van der Waals surface area contributed by atoms with E-state index in [2.05, 4.69) is 247 Å². The molecule has 1 nitrogen and oxygen atoms in total. The van der Waals surface area contributed by atoms with Gasteiger partial charge in [0.25, 0.3) is 0 Å². The maximum atomic E-state index is 3.36. The van der Waals surface area contributed by atoms with Crippen LogP contribution in [0.4, 0.5) is 0 Å². The fraction of sp³-hybridized carbons (Fsp3) is 0.161. The standard InChI is InChI=1S/C34H28.C15H12.C7H8.C3H9N.C3H6.H2S2/c1-23-13-15-24(16-14-23)25-17-19-27(20-18-25)32-28(26-9-5-4-6-10-26)21-22-31-33(32)29-11-7-8-12-30(29)34(31,2)3;1-11-10-12-6-2-3-8-14(12)15-9-5-4-7-13(11)15;1-7-5-3-2-4-6-7;1-4(2)3;1-3-2;1-2/h4-22H,1-3H3;2-10H,1H3;2-6H,1H3;1-3H3;3H,1H2,2H3;1-2H. The highest BCUT2D eigenvalue weighted by Crippen LogP contribution is 2.54. The molecule has 10 rings (SSSR count). The van der Waals surface area contributed by atoms with Gasteiger partial charge in [-0.1, -0.05) is 231 Å². The number of thiol groups is 2. The zero-order chi connectivity index (χ0) is 46.9. The van der Waals surface area contributed by atoms with Crippen LogP contribution in [0, 0.1) is 20.8 Å². The van der Waals surface area contributed by atoms with Gasteiger partial charge >= 0.3 is 0 Å². The van der Waals surface area contributed by atoms with Gasteiger partial charge in [0.05, 0.1) is 0 Å². The number of fused-ring (bicyclic) bond motifs is 6. The molecule has 3 heteroatoms. The van der Waals surface area contributed by atoms with E-state index in [1.807, 2.05) is 51.2 Å². The van der Waals surface area contributed by atoms with Crippen molar-refractivity contribution in [1.82, 2.24) is 4.90 Å². The lowest BCUT2D eigenvalue weighted by Crippen LogP contribution is -2.14. The summed E-state index contributed by atoms with van der Waals surface area (Å²) in [5.74, 6) is 0. The lowest BCUT2D eigenvalue weighted by Gasteiger charge is -2.23. The first-order valence-corrected chi connectivity index (χ1v) is 23.8. The molecule has 0 N–H and O–H groups in total. The highest BCUT2D eigenvalue weighted by Gasteiger charge is 2.37. The molecule has 0 aromatic heterocycles. The Hall–Kier alpha value is -6.10. The monoisotopic (exact) mass is 887 g/mol. The van der Waals surface area contributed by atoms with E-state index in [4.69, 9.17) is 0 Å². The van der Waals surface area contributed by atoms with Crippen molar-refractivity contribution in [2.45, 2.75) is 47.0 Å². The summed E-state index contributed by atoms with van der Waals surface area (Å²) < 4.78 is 0. The summed E-state index contributed by atoms with van der Waals surface area (Å²) in [6.07, 6.45) is 1.75. The number of hydrogen-bond acceptors (Lipinski definition) is 3. The van der Waals surface area contributed by atoms with E-state index in [1.165, 1.54) is 93.9 Å². The van der Waals surface area contributed by atoms with Crippen LogP contribution in [0.15, 0.2) is 213 Å². The summed E-state index contributed by atoms with van der Waals surface area (Å²) in [6.45, 7) is 16.3. The van der Waals surface area contributed by atoms with E-state index < -0.39 is 0 Å². The van der Waals surface area contributed by atoms with E-state index >= 15 is 0 Å². The van der Waals surface area contributed by atoms with E-state index in [-0.39, 0.29) is 5.41 Å². The van der Waals surface area contributed by atoms with Crippen LogP contribution in [0.5, 0.6) is 0 Å². The second-order valence-corrected chi connectivity index (χ2v) is 17.3. The third-order valence-corrected chi connectivity index (χ3v) is 11.3. The van der Waals surface area contributed by atoms with Crippen molar-refractivity contribution >= 4 is 44.9 Å². The van der Waals surface area contributed by atoms with E-state index in [0.29, 0.717) is 0 Å². The maximum Gasteiger partial charge on any atom is 0.0159 e. The molecule has 0 bridgehead atoms. The minimum atomic E-state index is -0.0161. The molecule has 0 radical (unpaired) electrons. The molecular weight excluding hydrogens is 823 g/mol. The summed E-state index contributed by atoms with van der Waals surface area (Å²) in [5, 5.41) is 5.39. The van der Waals surface area contributed by atoms with E-state index in [9.17, 15) is 0 Å². The number of aryl methyl sites for hydroxylation is 3. The first-order chi connectivity index (χ1) is 31.4. The minimum Gasteiger partial charge on any atom is -0.312 e. The predicted molar refractivity (Wildman–Crippen MR) is 296 cm³/mol. The average Bonchev–Trinajstić information content (AvgIpc) is 3.56. The van der Waals surface area contributed by atoms with Crippen molar-refractivity contribution in [1.29, 1.82) is 0 Å². The molecule has 0 amide bonds.